The van der Waals surface area contributed by atoms with Crippen LogP contribution in [0.25, 0.3) is 11.1 Å². The minimum Gasteiger partial charge on any atom is -0.441 e. The first kappa shape index (κ1) is 12.4. The zero-order chi connectivity index (χ0) is 13.5. The summed E-state index contributed by atoms with van der Waals surface area (Å²) in [5.74, 6) is 0.865. The van der Waals surface area contributed by atoms with Gasteiger partial charge >= 0.3 is 0 Å². The lowest BCUT2D eigenvalue weighted by molar-refractivity contribution is 0.0614. The lowest BCUT2D eigenvalue weighted by Gasteiger charge is -2.40. The Balaban J connectivity index is 1.96. The van der Waals surface area contributed by atoms with Gasteiger partial charge in [-0.2, -0.15) is 0 Å². The summed E-state index contributed by atoms with van der Waals surface area (Å²) in [5.41, 5.74) is 2.05. The van der Waals surface area contributed by atoms with Crippen LogP contribution in [0.4, 0.5) is 0 Å². The van der Waals surface area contributed by atoms with E-state index in [2.05, 4.69) is 10.3 Å². The topological polar surface area (TPSA) is 55.1 Å². The average molecular weight is 258 g/mol. The van der Waals surface area contributed by atoms with Crippen LogP contribution in [-0.2, 0) is 0 Å². The monoisotopic (exact) mass is 258 g/mol. The summed E-state index contributed by atoms with van der Waals surface area (Å²) in [6, 6.07) is 5.54. The fourth-order valence-electron chi connectivity index (χ4n) is 2.92. The molecule has 1 aliphatic carbocycles. The molecule has 0 unspecified atom stereocenters. The smallest absolute Gasteiger partial charge is 0.192 e. The maximum atomic E-state index is 12.7. The average Bonchev–Trinajstić information content (AvgIpc) is 2.72. The van der Waals surface area contributed by atoms with E-state index in [0.29, 0.717) is 5.89 Å². The summed E-state index contributed by atoms with van der Waals surface area (Å²) in [6.45, 7) is 2.57. The summed E-state index contributed by atoms with van der Waals surface area (Å²) in [4.78, 5) is 17.0. The number of rotatable bonds is 4. The molecule has 1 aromatic carbocycles. The summed E-state index contributed by atoms with van der Waals surface area (Å²) in [5, 5.41) is 3.15. The van der Waals surface area contributed by atoms with Gasteiger partial charge in [0.05, 0.1) is 0 Å². The minimum absolute atomic E-state index is 0.207. The van der Waals surface area contributed by atoms with Gasteiger partial charge in [0, 0.05) is 24.4 Å². The van der Waals surface area contributed by atoms with Crippen molar-refractivity contribution in [3.05, 3.63) is 29.7 Å². The van der Waals surface area contributed by atoms with Gasteiger partial charge < -0.3 is 9.73 Å². The van der Waals surface area contributed by atoms with E-state index in [9.17, 15) is 4.79 Å². The van der Waals surface area contributed by atoms with E-state index in [1.54, 1.807) is 0 Å². The van der Waals surface area contributed by atoms with E-state index >= 15 is 0 Å². The van der Waals surface area contributed by atoms with Crippen LogP contribution in [0.3, 0.4) is 0 Å². The van der Waals surface area contributed by atoms with Gasteiger partial charge in [0.15, 0.2) is 17.3 Å². The standard InChI is InChI=1S/C15H18N2O2/c1-10-17-12-8-11(4-5-13(12)19-10)14(18)15(9-16-2)6-3-7-15/h4-5,8,16H,3,6-7,9H2,1-2H3. The van der Waals surface area contributed by atoms with E-state index in [1.807, 2.05) is 32.2 Å². The molecule has 3 rings (SSSR count). The molecule has 1 aromatic heterocycles. The number of carbonyl (C=O) groups excluding carboxylic acids is 1. The Morgan fingerprint density at radius 1 is 1.47 bits per heavy atom. The number of oxazole rings is 1. The van der Waals surface area contributed by atoms with Crippen molar-refractivity contribution in [2.24, 2.45) is 5.41 Å². The van der Waals surface area contributed by atoms with Crippen LogP contribution in [0.5, 0.6) is 0 Å². The summed E-state index contributed by atoms with van der Waals surface area (Å²) in [6.07, 6.45) is 3.09. The lowest BCUT2D eigenvalue weighted by Crippen LogP contribution is -2.45. The molecule has 2 aromatic rings. The number of hydrogen-bond acceptors (Lipinski definition) is 4. The molecule has 4 heteroatoms. The third-order valence-corrected chi connectivity index (χ3v) is 4.06. The van der Waals surface area contributed by atoms with Gasteiger partial charge in [-0.05, 0) is 38.1 Å². The van der Waals surface area contributed by atoms with Crippen LogP contribution in [0.2, 0.25) is 0 Å². The normalized spacial score (nSPS) is 17.4. The maximum absolute atomic E-state index is 12.7. The third kappa shape index (κ3) is 1.96. The summed E-state index contributed by atoms with van der Waals surface area (Å²) in [7, 11) is 1.90. The zero-order valence-electron chi connectivity index (χ0n) is 11.3. The molecule has 0 bridgehead atoms. The first-order valence-electron chi connectivity index (χ1n) is 6.71. The van der Waals surface area contributed by atoms with Crippen molar-refractivity contribution in [2.75, 3.05) is 13.6 Å². The van der Waals surface area contributed by atoms with Crippen LogP contribution in [0.1, 0.15) is 35.5 Å². The molecule has 1 aliphatic rings. The highest BCUT2D eigenvalue weighted by Gasteiger charge is 2.43. The first-order valence-corrected chi connectivity index (χ1v) is 6.71. The number of carbonyl (C=O) groups is 1. The highest BCUT2D eigenvalue weighted by atomic mass is 16.3. The minimum atomic E-state index is -0.207. The van der Waals surface area contributed by atoms with Gasteiger partial charge in [0.25, 0.3) is 0 Å². The largest absolute Gasteiger partial charge is 0.441 e. The lowest BCUT2D eigenvalue weighted by atomic mass is 9.64. The van der Waals surface area contributed by atoms with Crippen molar-refractivity contribution in [1.82, 2.24) is 10.3 Å². The second-order valence-electron chi connectivity index (χ2n) is 5.41. The van der Waals surface area contributed by atoms with Crippen LogP contribution in [-0.4, -0.2) is 24.4 Å². The quantitative estimate of drug-likeness (QED) is 0.857. The summed E-state index contributed by atoms with van der Waals surface area (Å²) >= 11 is 0. The van der Waals surface area contributed by atoms with E-state index in [1.165, 1.54) is 0 Å². The molecule has 1 N–H and O–H groups in total. The predicted molar refractivity (Wildman–Crippen MR) is 73.3 cm³/mol. The van der Waals surface area contributed by atoms with Crippen LogP contribution in [0.15, 0.2) is 22.6 Å². The second-order valence-corrected chi connectivity index (χ2v) is 5.41. The molecule has 19 heavy (non-hydrogen) atoms. The number of aromatic nitrogens is 1. The van der Waals surface area contributed by atoms with Crippen molar-refractivity contribution in [2.45, 2.75) is 26.2 Å². The van der Waals surface area contributed by atoms with Gasteiger partial charge in [-0.1, -0.05) is 6.42 Å². The first-order chi connectivity index (χ1) is 9.14. The highest BCUT2D eigenvalue weighted by Crippen LogP contribution is 2.43. The molecule has 4 nitrogen and oxygen atoms in total. The number of ketones is 1. The van der Waals surface area contributed by atoms with Crippen molar-refractivity contribution in [1.29, 1.82) is 0 Å². The van der Waals surface area contributed by atoms with E-state index in [4.69, 9.17) is 4.42 Å². The third-order valence-electron chi connectivity index (χ3n) is 4.06. The SMILES string of the molecule is CNCC1(C(=O)c2ccc3oc(C)nc3c2)CCC1. The maximum Gasteiger partial charge on any atom is 0.192 e. The van der Waals surface area contributed by atoms with Gasteiger partial charge in [0.2, 0.25) is 0 Å². The molecule has 1 saturated carbocycles. The predicted octanol–water partition coefficient (Wildman–Crippen LogP) is 2.71. The van der Waals surface area contributed by atoms with Crippen molar-refractivity contribution in [3.8, 4) is 0 Å². The number of benzene rings is 1. The molecular formula is C15H18N2O2. The number of aryl methyl sites for hydroxylation is 1. The molecule has 1 fully saturated rings. The van der Waals surface area contributed by atoms with E-state index < -0.39 is 0 Å². The Labute approximate surface area is 112 Å². The molecule has 1 heterocycles. The van der Waals surface area contributed by atoms with Gasteiger partial charge in [-0.25, -0.2) is 4.98 Å². The Kier molecular flexibility index (Phi) is 2.90. The second kappa shape index (κ2) is 4.46. The molecular weight excluding hydrogens is 240 g/mol. The number of nitrogens with zero attached hydrogens (tertiary/aromatic N) is 1. The number of hydrogen-bond donors (Lipinski definition) is 1. The number of Topliss-reactive ketones (excluding diaryl/α,β-unsaturated/α-hetero) is 1. The Bertz CT molecular complexity index is 626. The van der Waals surface area contributed by atoms with Crippen LogP contribution in [0, 0.1) is 12.3 Å². The molecule has 100 valence electrons. The molecule has 0 aliphatic heterocycles. The molecule has 0 radical (unpaired) electrons. The Hall–Kier alpha value is -1.68. The molecule has 0 spiro atoms. The number of fused-ring (bicyclic) bond motifs is 1. The number of nitrogens with one attached hydrogen (secondary N) is 1. The zero-order valence-corrected chi connectivity index (χ0v) is 11.3. The highest BCUT2D eigenvalue weighted by molar-refractivity contribution is 6.03. The fourth-order valence-corrected chi connectivity index (χ4v) is 2.92. The van der Waals surface area contributed by atoms with Crippen LogP contribution < -0.4 is 5.32 Å². The molecule has 0 amide bonds. The molecule has 0 saturated heterocycles. The Morgan fingerprint density at radius 2 is 2.26 bits per heavy atom. The summed E-state index contributed by atoms with van der Waals surface area (Å²) < 4.78 is 5.44. The fraction of sp³-hybridized carbons (Fsp3) is 0.467. The van der Waals surface area contributed by atoms with E-state index in [0.717, 1.165) is 42.5 Å². The Morgan fingerprint density at radius 3 is 2.89 bits per heavy atom. The molecule has 0 atom stereocenters. The van der Waals surface area contributed by atoms with Crippen molar-refractivity contribution >= 4 is 16.9 Å². The van der Waals surface area contributed by atoms with Gasteiger partial charge in [-0.15, -0.1) is 0 Å². The van der Waals surface area contributed by atoms with Gasteiger partial charge in [-0.3, -0.25) is 4.79 Å². The van der Waals surface area contributed by atoms with E-state index in [-0.39, 0.29) is 11.2 Å². The van der Waals surface area contributed by atoms with Gasteiger partial charge in [0.1, 0.15) is 5.52 Å². The van der Waals surface area contributed by atoms with Crippen molar-refractivity contribution in [3.63, 3.8) is 0 Å². The van der Waals surface area contributed by atoms with Crippen molar-refractivity contribution < 1.29 is 9.21 Å². The van der Waals surface area contributed by atoms with Crippen LogP contribution >= 0.6 is 0 Å².